The van der Waals surface area contributed by atoms with Gasteiger partial charge in [0, 0.05) is 12.2 Å². The van der Waals surface area contributed by atoms with E-state index < -0.39 is 12.0 Å². The zero-order valence-corrected chi connectivity index (χ0v) is 14.2. The van der Waals surface area contributed by atoms with Gasteiger partial charge in [-0.2, -0.15) is 5.10 Å². The molecule has 3 rings (SSSR count). The Morgan fingerprint density at radius 3 is 2.88 bits per heavy atom. The Morgan fingerprint density at radius 2 is 2.21 bits per heavy atom. The van der Waals surface area contributed by atoms with Crippen LogP contribution in [-0.2, 0) is 4.79 Å². The van der Waals surface area contributed by atoms with E-state index in [4.69, 9.17) is 0 Å². The van der Waals surface area contributed by atoms with Gasteiger partial charge in [-0.1, -0.05) is 6.92 Å². The predicted octanol–water partition coefficient (Wildman–Crippen LogP) is 2.40. The number of hydrogen-bond donors (Lipinski definition) is 1. The van der Waals surface area contributed by atoms with E-state index in [1.807, 2.05) is 11.6 Å². The SMILES string of the molecule is CCC(C)n1ncc2c(C(=O)N3CCC[C@H]3C(=O)O)cc(C)nc21. The van der Waals surface area contributed by atoms with Gasteiger partial charge < -0.3 is 10.0 Å². The minimum Gasteiger partial charge on any atom is -0.480 e. The van der Waals surface area contributed by atoms with Crippen LogP contribution in [0.3, 0.4) is 0 Å². The van der Waals surface area contributed by atoms with Crippen molar-refractivity contribution in [2.75, 3.05) is 6.54 Å². The number of pyridine rings is 1. The molecule has 1 amide bonds. The highest BCUT2D eigenvalue weighted by Crippen LogP contribution is 2.26. The molecule has 1 saturated heterocycles. The normalized spacial score (nSPS) is 19.0. The summed E-state index contributed by atoms with van der Waals surface area (Å²) in [6, 6.07) is 1.16. The summed E-state index contributed by atoms with van der Waals surface area (Å²) in [4.78, 5) is 30.4. The van der Waals surface area contributed by atoms with Crippen molar-refractivity contribution in [1.29, 1.82) is 0 Å². The second-order valence-corrected chi connectivity index (χ2v) is 6.39. The number of aliphatic carboxylic acids is 1. The van der Waals surface area contributed by atoms with Crippen LogP contribution >= 0.6 is 0 Å². The van der Waals surface area contributed by atoms with Crippen LogP contribution in [0.15, 0.2) is 12.3 Å². The zero-order valence-electron chi connectivity index (χ0n) is 14.2. The van der Waals surface area contributed by atoms with Crippen molar-refractivity contribution >= 4 is 22.9 Å². The minimum absolute atomic E-state index is 0.179. The highest BCUT2D eigenvalue weighted by Gasteiger charge is 2.35. The standard InChI is InChI=1S/C17H22N4O3/c1-4-11(3)21-15-13(9-18-21)12(8-10(2)19-15)16(22)20-7-5-6-14(20)17(23)24/h8-9,11,14H,4-7H2,1-3H3,(H,23,24)/t11?,14-/m0/s1. The summed E-state index contributed by atoms with van der Waals surface area (Å²) in [5.74, 6) is -1.20. The predicted molar refractivity (Wildman–Crippen MR) is 89.0 cm³/mol. The average Bonchev–Trinajstić information content (AvgIpc) is 3.19. The number of rotatable bonds is 4. The van der Waals surface area contributed by atoms with Crippen molar-refractivity contribution in [2.24, 2.45) is 0 Å². The van der Waals surface area contributed by atoms with Gasteiger partial charge in [0.25, 0.3) is 5.91 Å². The third kappa shape index (κ3) is 2.64. The molecule has 2 aromatic rings. The minimum atomic E-state index is -0.946. The van der Waals surface area contributed by atoms with Crippen molar-refractivity contribution in [2.45, 2.75) is 52.1 Å². The van der Waals surface area contributed by atoms with Crippen molar-refractivity contribution in [3.05, 3.63) is 23.5 Å². The maximum atomic E-state index is 13.0. The topological polar surface area (TPSA) is 88.3 Å². The summed E-state index contributed by atoms with van der Waals surface area (Å²) in [6.45, 7) is 6.43. The number of carboxylic acid groups (broad SMARTS) is 1. The van der Waals surface area contributed by atoms with Crippen LogP contribution in [0.5, 0.6) is 0 Å². The lowest BCUT2D eigenvalue weighted by Crippen LogP contribution is -2.40. The van der Waals surface area contributed by atoms with E-state index in [2.05, 4.69) is 23.9 Å². The molecule has 1 unspecified atom stereocenters. The number of amides is 1. The highest BCUT2D eigenvalue weighted by molar-refractivity contribution is 6.06. The second-order valence-electron chi connectivity index (χ2n) is 6.39. The summed E-state index contributed by atoms with van der Waals surface area (Å²) in [6.07, 6.45) is 3.78. The van der Waals surface area contributed by atoms with E-state index in [1.54, 1.807) is 12.3 Å². The Labute approximate surface area is 140 Å². The maximum Gasteiger partial charge on any atom is 0.326 e. The molecule has 128 valence electrons. The largest absolute Gasteiger partial charge is 0.480 e. The number of fused-ring (bicyclic) bond motifs is 1. The zero-order chi connectivity index (χ0) is 17.4. The fraction of sp³-hybridized carbons (Fsp3) is 0.529. The summed E-state index contributed by atoms with van der Waals surface area (Å²) >= 11 is 0. The first-order valence-electron chi connectivity index (χ1n) is 8.32. The first-order chi connectivity index (χ1) is 11.4. The van der Waals surface area contributed by atoms with Crippen molar-refractivity contribution in [3.63, 3.8) is 0 Å². The molecular formula is C17H22N4O3. The molecule has 24 heavy (non-hydrogen) atoms. The number of carbonyl (C=O) groups excluding carboxylic acids is 1. The molecule has 1 N–H and O–H groups in total. The Kier molecular flexibility index (Phi) is 4.26. The molecule has 2 aromatic heterocycles. The molecule has 7 nitrogen and oxygen atoms in total. The lowest BCUT2D eigenvalue weighted by Gasteiger charge is -2.22. The lowest BCUT2D eigenvalue weighted by atomic mass is 10.1. The van der Waals surface area contributed by atoms with E-state index in [-0.39, 0.29) is 11.9 Å². The van der Waals surface area contributed by atoms with Crippen LogP contribution in [0.4, 0.5) is 0 Å². The smallest absolute Gasteiger partial charge is 0.326 e. The van der Waals surface area contributed by atoms with E-state index in [0.29, 0.717) is 36.0 Å². The summed E-state index contributed by atoms with van der Waals surface area (Å²) in [5, 5.41) is 14.4. The summed E-state index contributed by atoms with van der Waals surface area (Å²) in [7, 11) is 0. The van der Waals surface area contributed by atoms with Crippen LogP contribution in [0.1, 0.15) is 55.2 Å². The quantitative estimate of drug-likeness (QED) is 0.930. The van der Waals surface area contributed by atoms with Gasteiger partial charge >= 0.3 is 5.97 Å². The third-order valence-corrected chi connectivity index (χ3v) is 4.73. The van der Waals surface area contributed by atoms with Crippen LogP contribution in [0, 0.1) is 6.92 Å². The number of likely N-dealkylation sites (tertiary alicyclic amines) is 1. The van der Waals surface area contributed by atoms with E-state index in [0.717, 1.165) is 12.1 Å². The molecule has 0 bridgehead atoms. The molecule has 1 aliphatic heterocycles. The Hall–Kier alpha value is -2.44. The van der Waals surface area contributed by atoms with E-state index >= 15 is 0 Å². The van der Waals surface area contributed by atoms with Crippen LogP contribution in [0.25, 0.3) is 11.0 Å². The van der Waals surface area contributed by atoms with Crippen molar-refractivity contribution in [1.82, 2.24) is 19.7 Å². The fourth-order valence-electron chi connectivity index (χ4n) is 3.24. The number of hydrogen-bond acceptors (Lipinski definition) is 4. The molecule has 0 aromatic carbocycles. The van der Waals surface area contributed by atoms with Gasteiger partial charge in [-0.3, -0.25) is 4.79 Å². The van der Waals surface area contributed by atoms with Crippen molar-refractivity contribution in [3.8, 4) is 0 Å². The molecule has 1 aliphatic rings. The second kappa shape index (κ2) is 6.22. The molecule has 0 saturated carbocycles. The monoisotopic (exact) mass is 330 g/mol. The number of carbonyl (C=O) groups is 2. The van der Waals surface area contributed by atoms with Gasteiger partial charge in [0.2, 0.25) is 0 Å². The molecule has 0 spiro atoms. The number of carboxylic acids is 1. The first-order valence-corrected chi connectivity index (χ1v) is 8.32. The molecular weight excluding hydrogens is 308 g/mol. The van der Waals surface area contributed by atoms with Gasteiger partial charge in [0.05, 0.1) is 23.2 Å². The van der Waals surface area contributed by atoms with Crippen molar-refractivity contribution < 1.29 is 14.7 Å². The summed E-state index contributed by atoms with van der Waals surface area (Å²) < 4.78 is 1.83. The van der Waals surface area contributed by atoms with Gasteiger partial charge in [-0.25, -0.2) is 14.5 Å². The molecule has 1 fully saturated rings. The Morgan fingerprint density at radius 1 is 1.46 bits per heavy atom. The number of nitrogens with zero attached hydrogens (tertiary/aromatic N) is 4. The Balaban J connectivity index is 2.08. The molecule has 3 heterocycles. The maximum absolute atomic E-state index is 13.0. The van der Waals surface area contributed by atoms with Crippen LogP contribution < -0.4 is 0 Å². The van der Waals surface area contributed by atoms with E-state index in [9.17, 15) is 14.7 Å². The molecule has 0 aliphatic carbocycles. The third-order valence-electron chi connectivity index (χ3n) is 4.73. The van der Waals surface area contributed by atoms with Crippen LogP contribution in [0.2, 0.25) is 0 Å². The highest BCUT2D eigenvalue weighted by atomic mass is 16.4. The van der Waals surface area contributed by atoms with Gasteiger partial charge in [-0.05, 0) is 39.2 Å². The van der Waals surface area contributed by atoms with Gasteiger partial charge in [0.15, 0.2) is 5.65 Å². The number of aryl methyl sites for hydroxylation is 1. The lowest BCUT2D eigenvalue weighted by molar-refractivity contribution is -0.141. The Bertz CT molecular complexity index is 798. The summed E-state index contributed by atoms with van der Waals surface area (Å²) in [5.41, 5.74) is 1.89. The molecule has 7 heteroatoms. The first kappa shape index (κ1) is 16.4. The number of aromatic nitrogens is 3. The van der Waals surface area contributed by atoms with Gasteiger partial charge in [-0.15, -0.1) is 0 Å². The fourth-order valence-corrected chi connectivity index (χ4v) is 3.24. The van der Waals surface area contributed by atoms with Crippen LogP contribution in [-0.4, -0.2) is 49.2 Å². The van der Waals surface area contributed by atoms with E-state index in [1.165, 1.54) is 4.90 Å². The molecule has 2 atom stereocenters. The average molecular weight is 330 g/mol. The van der Waals surface area contributed by atoms with Gasteiger partial charge in [0.1, 0.15) is 6.04 Å². The molecule has 0 radical (unpaired) electrons.